The molecule has 218 valence electrons. The molecule has 0 spiro atoms. The number of aromatic nitrogens is 3. The number of nitriles is 1. The average Bonchev–Trinajstić information content (AvgIpc) is 3.42. The first kappa shape index (κ1) is 28.9. The number of halogens is 2. The van der Waals surface area contributed by atoms with Crippen LogP contribution in [0.4, 0.5) is 14.6 Å². The molecule has 1 aliphatic rings. The van der Waals surface area contributed by atoms with E-state index in [0.29, 0.717) is 49.4 Å². The van der Waals surface area contributed by atoms with Gasteiger partial charge >= 0.3 is 0 Å². The summed E-state index contributed by atoms with van der Waals surface area (Å²) in [7, 11) is 0. The van der Waals surface area contributed by atoms with E-state index in [1.165, 1.54) is 6.20 Å². The Morgan fingerprint density at radius 1 is 1.19 bits per heavy atom. The maximum Gasteiger partial charge on any atom is 0.254 e. The third kappa shape index (κ3) is 6.02. The van der Waals surface area contributed by atoms with Crippen molar-refractivity contribution in [2.75, 3.05) is 44.4 Å². The van der Waals surface area contributed by atoms with Gasteiger partial charge in [0.25, 0.3) is 5.91 Å². The Bertz CT molecular complexity index is 1610. The molecular weight excluding hydrogens is 546 g/mol. The molecule has 4 aromatic rings. The molecule has 0 atom stereocenters. The van der Waals surface area contributed by atoms with E-state index < -0.39 is 23.1 Å². The first-order chi connectivity index (χ1) is 20.4. The second-order valence-corrected chi connectivity index (χ2v) is 10.0. The summed E-state index contributed by atoms with van der Waals surface area (Å²) in [5.74, 6) is -0.916. The van der Waals surface area contributed by atoms with Crippen LogP contribution < -0.4 is 15.0 Å². The van der Waals surface area contributed by atoms with Crippen molar-refractivity contribution in [2.45, 2.75) is 25.3 Å². The quantitative estimate of drug-likeness (QED) is 0.274. The Hall–Kier alpha value is -4.60. The highest BCUT2D eigenvalue weighted by Crippen LogP contribution is 2.32. The summed E-state index contributed by atoms with van der Waals surface area (Å²) < 4.78 is 40.9. The zero-order valence-corrected chi connectivity index (χ0v) is 23.0. The van der Waals surface area contributed by atoms with E-state index in [9.17, 15) is 23.9 Å². The number of hydrogen-bond donors (Lipinski definition) is 2. The van der Waals surface area contributed by atoms with Crippen molar-refractivity contribution >= 4 is 17.2 Å². The fourth-order valence-corrected chi connectivity index (χ4v) is 5.16. The van der Waals surface area contributed by atoms with Crippen molar-refractivity contribution in [1.82, 2.24) is 19.9 Å². The number of aliphatic hydroxyl groups excluding tert-OH is 1. The van der Waals surface area contributed by atoms with Gasteiger partial charge in [-0.05, 0) is 56.2 Å². The van der Waals surface area contributed by atoms with Crippen LogP contribution in [0.5, 0.6) is 5.75 Å². The molecule has 42 heavy (non-hydrogen) atoms. The van der Waals surface area contributed by atoms with Gasteiger partial charge in [-0.3, -0.25) is 4.79 Å². The number of pyridine rings is 2. The normalized spacial score (nSPS) is 14.5. The van der Waals surface area contributed by atoms with Crippen molar-refractivity contribution in [3.63, 3.8) is 0 Å². The zero-order valence-electron chi connectivity index (χ0n) is 23.0. The molecule has 1 fully saturated rings. The molecule has 0 saturated carbocycles. The minimum absolute atomic E-state index is 0.0845. The van der Waals surface area contributed by atoms with E-state index in [-0.39, 0.29) is 25.4 Å². The highest BCUT2D eigenvalue weighted by Gasteiger charge is 2.37. The fraction of sp³-hybridized carbons (Fsp3) is 0.333. The number of piperidine rings is 1. The van der Waals surface area contributed by atoms with Gasteiger partial charge in [0.2, 0.25) is 0 Å². The maximum atomic E-state index is 14.3. The number of fused-ring (bicyclic) bond motifs is 1. The summed E-state index contributed by atoms with van der Waals surface area (Å²) >= 11 is 0. The summed E-state index contributed by atoms with van der Waals surface area (Å²) in [4.78, 5) is 19.7. The lowest BCUT2D eigenvalue weighted by molar-refractivity contribution is 0.0329. The lowest BCUT2D eigenvalue weighted by atomic mass is 9.87. The number of carbonyl (C=O) groups excluding carboxylic acids is 1. The highest BCUT2D eigenvalue weighted by atomic mass is 19.1. The van der Waals surface area contributed by atoms with Gasteiger partial charge in [-0.15, -0.1) is 0 Å². The monoisotopic (exact) mass is 576 g/mol. The zero-order chi connectivity index (χ0) is 29.7. The molecular formula is C30H30F2N6O4. The van der Waals surface area contributed by atoms with E-state index in [2.05, 4.69) is 26.4 Å². The lowest BCUT2D eigenvalue weighted by Crippen LogP contribution is -2.58. The number of hydrogen-bond acceptors (Lipinski definition) is 8. The highest BCUT2D eigenvalue weighted by molar-refractivity contribution is 5.95. The van der Waals surface area contributed by atoms with Gasteiger partial charge in [0.15, 0.2) is 0 Å². The second kappa shape index (κ2) is 12.5. The van der Waals surface area contributed by atoms with Gasteiger partial charge in [0, 0.05) is 30.4 Å². The average molecular weight is 577 g/mol. The molecule has 0 radical (unpaired) electrons. The maximum absolute atomic E-state index is 14.3. The van der Waals surface area contributed by atoms with E-state index in [0.717, 1.165) is 35.1 Å². The molecule has 3 aromatic heterocycles. The summed E-state index contributed by atoms with van der Waals surface area (Å²) in [5, 5.41) is 25.9. The number of ether oxygens (including phenoxy) is 2. The molecule has 0 bridgehead atoms. The number of nitrogens with zero attached hydrogens (tertiary/aromatic N) is 5. The Labute approximate surface area is 241 Å². The second-order valence-electron chi connectivity index (χ2n) is 10.0. The molecule has 5 rings (SSSR count). The van der Waals surface area contributed by atoms with Crippen molar-refractivity contribution in [3.05, 3.63) is 77.8 Å². The van der Waals surface area contributed by atoms with Gasteiger partial charge in [0.1, 0.15) is 29.3 Å². The first-order valence-corrected chi connectivity index (χ1v) is 13.6. The Morgan fingerprint density at radius 2 is 2.00 bits per heavy atom. The number of amides is 1. The van der Waals surface area contributed by atoms with Crippen molar-refractivity contribution < 1.29 is 28.2 Å². The SMILES string of the molecule is CCOc1cc(-c2ccc(N3CCC(COCCO)(NC(=O)c4cc(F)ccc4F)CC3)nc2)c2c(C#N)cnn2c1. The molecule has 1 amide bonds. The van der Waals surface area contributed by atoms with Gasteiger partial charge in [-0.2, -0.15) is 10.4 Å². The summed E-state index contributed by atoms with van der Waals surface area (Å²) in [6, 6.07) is 10.6. The summed E-state index contributed by atoms with van der Waals surface area (Å²) in [6.45, 7) is 3.39. The third-order valence-electron chi connectivity index (χ3n) is 7.29. The molecule has 10 nitrogen and oxygen atoms in total. The number of rotatable bonds is 10. The van der Waals surface area contributed by atoms with E-state index in [1.807, 2.05) is 25.1 Å². The van der Waals surface area contributed by atoms with Crippen LogP contribution in [0.1, 0.15) is 35.7 Å². The van der Waals surface area contributed by atoms with Crippen LogP contribution in [-0.2, 0) is 4.74 Å². The van der Waals surface area contributed by atoms with Crippen molar-refractivity contribution in [2.24, 2.45) is 0 Å². The van der Waals surface area contributed by atoms with Crippen LogP contribution in [0.15, 0.2) is 55.0 Å². The number of aliphatic hydroxyl groups is 1. The number of benzene rings is 1. The van der Waals surface area contributed by atoms with Gasteiger partial charge in [0.05, 0.1) is 61.0 Å². The van der Waals surface area contributed by atoms with Crippen molar-refractivity contribution in [3.8, 4) is 22.9 Å². The van der Waals surface area contributed by atoms with Crippen LogP contribution in [0, 0.1) is 23.0 Å². The molecule has 1 aromatic carbocycles. The third-order valence-corrected chi connectivity index (χ3v) is 7.29. The van der Waals surface area contributed by atoms with Crippen LogP contribution in [-0.4, -0.2) is 70.7 Å². The summed E-state index contributed by atoms with van der Waals surface area (Å²) in [5.41, 5.74) is 1.43. The Balaban J connectivity index is 1.34. The molecule has 1 aliphatic heterocycles. The molecule has 4 heterocycles. The van der Waals surface area contributed by atoms with Crippen molar-refractivity contribution in [1.29, 1.82) is 5.26 Å². The van der Waals surface area contributed by atoms with E-state index in [4.69, 9.17) is 9.47 Å². The van der Waals surface area contributed by atoms with Gasteiger partial charge in [-0.25, -0.2) is 18.3 Å². The Kier molecular flexibility index (Phi) is 8.61. The standard InChI is InChI=1S/C30H30F2N6O4/c1-2-42-23-14-24(28-21(15-33)17-35-38(28)18-23)20-3-6-27(34-16-20)37-9-7-30(8-10-37,19-41-12-11-39)36-29(40)25-13-22(31)4-5-26(25)32/h3-6,13-14,16-18,39H,2,7-12,19H2,1H3,(H,36,40). The van der Waals surface area contributed by atoms with Crippen LogP contribution in [0.2, 0.25) is 0 Å². The molecule has 0 aliphatic carbocycles. The van der Waals surface area contributed by atoms with Crippen LogP contribution in [0.25, 0.3) is 16.6 Å². The molecule has 12 heteroatoms. The van der Waals surface area contributed by atoms with Crippen LogP contribution in [0.3, 0.4) is 0 Å². The number of carbonyl (C=O) groups is 1. The minimum Gasteiger partial charge on any atom is -0.492 e. The smallest absolute Gasteiger partial charge is 0.254 e. The molecule has 0 unspecified atom stereocenters. The first-order valence-electron chi connectivity index (χ1n) is 13.6. The van der Waals surface area contributed by atoms with Crippen LogP contribution >= 0.6 is 0 Å². The molecule has 2 N–H and O–H groups in total. The number of anilines is 1. The lowest BCUT2D eigenvalue weighted by Gasteiger charge is -2.42. The largest absolute Gasteiger partial charge is 0.492 e. The van der Waals surface area contributed by atoms with Gasteiger partial charge in [-0.1, -0.05) is 0 Å². The number of nitrogens with one attached hydrogen (secondary N) is 1. The topological polar surface area (TPSA) is 125 Å². The van der Waals surface area contributed by atoms with E-state index in [1.54, 1.807) is 16.9 Å². The molecule has 1 saturated heterocycles. The van der Waals surface area contributed by atoms with E-state index >= 15 is 0 Å². The van der Waals surface area contributed by atoms with Gasteiger partial charge < -0.3 is 24.8 Å². The minimum atomic E-state index is -0.845. The predicted molar refractivity (Wildman–Crippen MR) is 150 cm³/mol. The Morgan fingerprint density at radius 3 is 2.69 bits per heavy atom. The summed E-state index contributed by atoms with van der Waals surface area (Å²) in [6.07, 6.45) is 5.87. The fourth-order valence-electron chi connectivity index (χ4n) is 5.16. The predicted octanol–water partition coefficient (Wildman–Crippen LogP) is 3.72.